The van der Waals surface area contributed by atoms with E-state index in [1.54, 1.807) is 18.2 Å². The number of nitrogens with two attached hydrogens (primary N) is 1. The smallest absolute Gasteiger partial charge is 0.308 e. The number of thiocarbonyl (C=S) groups is 1. The van der Waals surface area contributed by atoms with Crippen molar-refractivity contribution in [1.29, 1.82) is 0 Å². The van der Waals surface area contributed by atoms with E-state index in [0.717, 1.165) is 11.1 Å². The summed E-state index contributed by atoms with van der Waals surface area (Å²) in [6, 6.07) is 5.25. The molecular formula is C10H11NO2S. The largest absolute Gasteiger partial charge is 0.426 e. The molecule has 0 atom stereocenters. The molecule has 4 heteroatoms. The van der Waals surface area contributed by atoms with Crippen LogP contribution in [0.3, 0.4) is 0 Å². The minimum absolute atomic E-state index is 0.302. The van der Waals surface area contributed by atoms with Gasteiger partial charge in [-0.25, -0.2) is 0 Å². The number of benzene rings is 1. The lowest BCUT2D eigenvalue weighted by atomic mass is 10.1. The van der Waals surface area contributed by atoms with E-state index in [9.17, 15) is 4.79 Å². The highest BCUT2D eigenvalue weighted by molar-refractivity contribution is 7.80. The molecule has 0 aliphatic carbocycles. The Balaban J connectivity index is 3.13. The molecule has 0 aliphatic rings. The minimum atomic E-state index is -0.354. The first-order valence-corrected chi connectivity index (χ1v) is 4.51. The molecule has 0 saturated heterocycles. The summed E-state index contributed by atoms with van der Waals surface area (Å²) in [6.45, 7) is 3.17. The van der Waals surface area contributed by atoms with Crippen molar-refractivity contribution in [3.63, 3.8) is 0 Å². The highest BCUT2D eigenvalue weighted by Crippen LogP contribution is 2.21. The fourth-order valence-electron chi connectivity index (χ4n) is 1.15. The number of carbonyl (C=O) groups is 1. The van der Waals surface area contributed by atoms with Crippen LogP contribution in [0.2, 0.25) is 0 Å². The molecule has 0 saturated carbocycles. The quantitative estimate of drug-likeness (QED) is 0.456. The van der Waals surface area contributed by atoms with Gasteiger partial charge in [-0.15, -0.1) is 0 Å². The van der Waals surface area contributed by atoms with Gasteiger partial charge in [0, 0.05) is 18.1 Å². The monoisotopic (exact) mass is 209 g/mol. The van der Waals surface area contributed by atoms with Gasteiger partial charge < -0.3 is 10.5 Å². The average molecular weight is 209 g/mol. The molecule has 0 amide bonds. The Labute approximate surface area is 87.9 Å². The molecule has 2 N–H and O–H groups in total. The summed E-state index contributed by atoms with van der Waals surface area (Å²) in [6.07, 6.45) is 0. The normalized spacial score (nSPS) is 9.57. The van der Waals surface area contributed by atoms with E-state index in [-0.39, 0.29) is 5.97 Å². The van der Waals surface area contributed by atoms with Crippen LogP contribution >= 0.6 is 12.2 Å². The Morgan fingerprint density at radius 1 is 1.50 bits per heavy atom. The third-order valence-electron chi connectivity index (χ3n) is 1.80. The number of rotatable bonds is 2. The summed E-state index contributed by atoms with van der Waals surface area (Å²) < 4.78 is 4.98. The van der Waals surface area contributed by atoms with Gasteiger partial charge in [-0.1, -0.05) is 24.4 Å². The summed E-state index contributed by atoms with van der Waals surface area (Å²) in [4.78, 5) is 11.1. The third-order valence-corrected chi connectivity index (χ3v) is 2.02. The predicted molar refractivity (Wildman–Crippen MR) is 58.4 cm³/mol. The minimum Gasteiger partial charge on any atom is -0.426 e. The van der Waals surface area contributed by atoms with E-state index in [1.807, 2.05) is 6.92 Å². The second-order valence-electron chi connectivity index (χ2n) is 2.89. The van der Waals surface area contributed by atoms with Crippen molar-refractivity contribution in [3.8, 4) is 5.75 Å². The lowest BCUT2D eigenvalue weighted by Gasteiger charge is -2.08. The highest BCUT2D eigenvalue weighted by atomic mass is 32.1. The maximum atomic E-state index is 10.8. The van der Waals surface area contributed by atoms with Gasteiger partial charge in [0.15, 0.2) is 0 Å². The van der Waals surface area contributed by atoms with Crippen molar-refractivity contribution in [2.45, 2.75) is 13.8 Å². The predicted octanol–water partition coefficient (Wildman–Crippen LogP) is 1.55. The van der Waals surface area contributed by atoms with Gasteiger partial charge in [0.25, 0.3) is 0 Å². The molecule has 0 radical (unpaired) electrons. The zero-order chi connectivity index (χ0) is 10.7. The van der Waals surface area contributed by atoms with Gasteiger partial charge >= 0.3 is 5.97 Å². The Bertz CT molecular complexity index is 388. The van der Waals surface area contributed by atoms with E-state index < -0.39 is 0 Å². The van der Waals surface area contributed by atoms with Crippen LogP contribution in [0.5, 0.6) is 5.75 Å². The topological polar surface area (TPSA) is 52.3 Å². The molecule has 0 aromatic heterocycles. The molecule has 0 unspecified atom stereocenters. The van der Waals surface area contributed by atoms with Crippen molar-refractivity contribution in [2.75, 3.05) is 0 Å². The number of hydrogen-bond acceptors (Lipinski definition) is 3. The fraction of sp³-hybridized carbons (Fsp3) is 0.200. The first-order valence-electron chi connectivity index (χ1n) is 4.10. The van der Waals surface area contributed by atoms with Crippen LogP contribution in [-0.2, 0) is 4.79 Å². The molecule has 74 valence electrons. The van der Waals surface area contributed by atoms with Gasteiger partial charge in [-0.3, -0.25) is 4.79 Å². The van der Waals surface area contributed by atoms with Crippen LogP contribution in [0.25, 0.3) is 0 Å². The summed E-state index contributed by atoms with van der Waals surface area (Å²) in [5.74, 6) is 0.149. The van der Waals surface area contributed by atoms with Crippen LogP contribution in [0.15, 0.2) is 18.2 Å². The Morgan fingerprint density at radius 3 is 2.64 bits per heavy atom. The number of carbonyl (C=O) groups excluding carboxylic acids is 1. The lowest BCUT2D eigenvalue weighted by molar-refractivity contribution is -0.131. The summed E-state index contributed by atoms with van der Waals surface area (Å²) in [7, 11) is 0. The van der Waals surface area contributed by atoms with E-state index in [0.29, 0.717) is 10.7 Å². The van der Waals surface area contributed by atoms with Gasteiger partial charge in [0.1, 0.15) is 10.7 Å². The zero-order valence-electron chi connectivity index (χ0n) is 8.03. The van der Waals surface area contributed by atoms with E-state index >= 15 is 0 Å². The number of hydrogen-bond donors (Lipinski definition) is 1. The van der Waals surface area contributed by atoms with Gasteiger partial charge in [0.05, 0.1) is 0 Å². The van der Waals surface area contributed by atoms with Crippen LogP contribution < -0.4 is 10.5 Å². The second-order valence-corrected chi connectivity index (χ2v) is 3.33. The molecule has 0 heterocycles. The molecule has 3 nitrogen and oxygen atoms in total. The number of esters is 1. The Kier molecular flexibility index (Phi) is 3.19. The third kappa shape index (κ3) is 2.29. The average Bonchev–Trinajstić information content (AvgIpc) is 2.07. The van der Waals surface area contributed by atoms with Crippen LogP contribution in [0, 0.1) is 6.92 Å². The number of ether oxygens (including phenoxy) is 1. The van der Waals surface area contributed by atoms with Crippen molar-refractivity contribution in [3.05, 3.63) is 29.3 Å². The van der Waals surface area contributed by atoms with Crippen molar-refractivity contribution in [1.82, 2.24) is 0 Å². The van der Waals surface area contributed by atoms with E-state index in [2.05, 4.69) is 0 Å². The fourth-order valence-corrected chi connectivity index (χ4v) is 1.37. The molecular weight excluding hydrogens is 198 g/mol. The zero-order valence-corrected chi connectivity index (χ0v) is 8.85. The molecule has 1 rings (SSSR count). The standard InChI is InChI=1S/C10H11NO2S/c1-6-8(10(11)14)4-3-5-9(6)13-7(2)12/h3-5H,1-2H3,(H2,11,14). The summed E-state index contributed by atoms with van der Waals surface area (Å²) in [5, 5.41) is 0. The molecule has 1 aromatic rings. The molecule has 14 heavy (non-hydrogen) atoms. The van der Waals surface area contributed by atoms with Crippen LogP contribution in [0.4, 0.5) is 0 Å². The molecule has 0 bridgehead atoms. The first-order chi connectivity index (χ1) is 6.52. The van der Waals surface area contributed by atoms with Crippen molar-refractivity contribution >= 4 is 23.2 Å². The van der Waals surface area contributed by atoms with E-state index in [1.165, 1.54) is 6.92 Å². The maximum absolute atomic E-state index is 10.8. The summed E-state index contributed by atoms with van der Waals surface area (Å²) in [5.41, 5.74) is 7.03. The molecule has 0 fully saturated rings. The second kappa shape index (κ2) is 4.19. The van der Waals surface area contributed by atoms with Crippen molar-refractivity contribution in [2.24, 2.45) is 5.73 Å². The van der Waals surface area contributed by atoms with Crippen molar-refractivity contribution < 1.29 is 9.53 Å². The highest BCUT2D eigenvalue weighted by Gasteiger charge is 2.08. The van der Waals surface area contributed by atoms with Gasteiger partial charge in [-0.05, 0) is 13.0 Å². The molecule has 0 aliphatic heterocycles. The van der Waals surface area contributed by atoms with Gasteiger partial charge in [0.2, 0.25) is 0 Å². The summed E-state index contributed by atoms with van der Waals surface area (Å²) >= 11 is 4.86. The molecule has 0 spiro atoms. The van der Waals surface area contributed by atoms with Gasteiger partial charge in [-0.2, -0.15) is 0 Å². The van der Waals surface area contributed by atoms with E-state index in [4.69, 9.17) is 22.7 Å². The Morgan fingerprint density at radius 2 is 2.14 bits per heavy atom. The van der Waals surface area contributed by atoms with Crippen LogP contribution in [0.1, 0.15) is 18.1 Å². The Hall–Kier alpha value is -1.42. The SMILES string of the molecule is CC(=O)Oc1cccc(C(N)=S)c1C. The van der Waals surface area contributed by atoms with Crippen LogP contribution in [-0.4, -0.2) is 11.0 Å². The first kappa shape index (κ1) is 10.7. The maximum Gasteiger partial charge on any atom is 0.308 e. The molecule has 1 aromatic carbocycles. The lowest BCUT2D eigenvalue weighted by Crippen LogP contribution is -2.12.